The van der Waals surface area contributed by atoms with Crippen LogP contribution in [-0.2, 0) is 10.8 Å². The molecule has 63 heavy (non-hydrogen) atoms. The zero-order chi connectivity index (χ0) is 43.8. The second-order valence-electron chi connectivity index (χ2n) is 19.2. The highest BCUT2D eigenvalue weighted by molar-refractivity contribution is 6.10. The van der Waals surface area contributed by atoms with Gasteiger partial charge in [0, 0.05) is 46.8 Å². The van der Waals surface area contributed by atoms with Crippen LogP contribution < -0.4 is 14.7 Å². The number of hydrogen-bond acceptors (Lipinski definition) is 5. The highest BCUT2D eigenvalue weighted by Gasteiger charge is 2.34. The van der Waals surface area contributed by atoms with E-state index >= 15 is 0 Å². The van der Waals surface area contributed by atoms with Crippen LogP contribution in [-0.4, -0.2) is 28.2 Å². The summed E-state index contributed by atoms with van der Waals surface area (Å²) in [5.41, 5.74) is 16.6. The zero-order valence-electron chi connectivity index (χ0n) is 38.0. The van der Waals surface area contributed by atoms with E-state index in [0.29, 0.717) is 6.67 Å². The summed E-state index contributed by atoms with van der Waals surface area (Å²) in [6, 6.07) is 53.2. The normalized spacial score (nSPS) is 14.1. The molecule has 10 rings (SSSR count). The van der Waals surface area contributed by atoms with Crippen LogP contribution in [0.1, 0.15) is 76.3 Å². The number of aromatic nitrogens is 2. The predicted octanol–water partition coefficient (Wildman–Crippen LogP) is 14.8. The minimum atomic E-state index is -0.0680. The van der Waals surface area contributed by atoms with Gasteiger partial charge in [-0.1, -0.05) is 126 Å². The van der Waals surface area contributed by atoms with E-state index in [9.17, 15) is 0 Å². The number of fused-ring (bicyclic) bond motifs is 5. The Morgan fingerprint density at radius 2 is 1.16 bits per heavy atom. The third-order valence-corrected chi connectivity index (χ3v) is 12.9. The first-order valence-electron chi connectivity index (χ1n) is 22.1. The molecule has 0 aliphatic carbocycles. The molecule has 2 aliphatic heterocycles. The molecule has 0 saturated carbocycles. The van der Waals surface area contributed by atoms with Crippen molar-refractivity contribution in [2.24, 2.45) is 0 Å². The van der Waals surface area contributed by atoms with E-state index in [4.69, 9.17) is 4.98 Å². The molecule has 0 N–H and O–H groups in total. The second kappa shape index (κ2) is 15.1. The van der Waals surface area contributed by atoms with Crippen molar-refractivity contribution in [2.45, 2.75) is 66.2 Å². The van der Waals surface area contributed by atoms with Crippen molar-refractivity contribution in [3.05, 3.63) is 191 Å². The molecule has 8 aromatic rings. The Balaban J connectivity index is 1.18. The summed E-state index contributed by atoms with van der Waals surface area (Å²) in [6.07, 6.45) is 6.36. The number of anilines is 6. The molecule has 4 heterocycles. The lowest BCUT2D eigenvalue weighted by atomic mass is 9.76. The molecule has 2 aromatic heterocycles. The topological polar surface area (TPSA) is 30.8 Å². The maximum absolute atomic E-state index is 4.87. The first-order valence-corrected chi connectivity index (χ1v) is 22.1. The molecule has 2 aliphatic rings. The summed E-state index contributed by atoms with van der Waals surface area (Å²) in [7, 11) is 2.21. The number of nitrogens with zero attached hydrogens (tertiary/aromatic N) is 6. The monoisotopic (exact) mass is 824 g/mol. The third-order valence-electron chi connectivity index (χ3n) is 12.9. The van der Waals surface area contributed by atoms with Gasteiger partial charge in [-0.2, -0.15) is 0 Å². The van der Waals surface area contributed by atoms with Crippen molar-refractivity contribution in [3.63, 3.8) is 0 Å². The fraction of sp³-hybridized carbons (Fsp3) is 0.211. The van der Waals surface area contributed by atoms with E-state index in [0.717, 1.165) is 45.4 Å². The smallest absolute Gasteiger partial charge is 0.137 e. The quantitative estimate of drug-likeness (QED) is 0.167. The van der Waals surface area contributed by atoms with Gasteiger partial charge in [-0.25, -0.2) is 4.98 Å². The van der Waals surface area contributed by atoms with Crippen molar-refractivity contribution in [3.8, 4) is 5.82 Å². The molecule has 0 saturated heterocycles. The molecule has 0 fully saturated rings. The van der Waals surface area contributed by atoms with E-state index in [2.05, 4.69) is 238 Å². The standard InChI is InChI=1S/C57H56N6/c1-38-48(56(3,4)5)34-45(35-49(38)57(6,7)8)61(44-30-31-47-46-23-12-15-26-52(46)62(53(47)36-44)54-27-16-17-32-58-54)43-22-18-21-42(33-43)60-37-59(9)55(39(60)2)63-50-24-13-10-19-40(50)28-29-41-20-11-14-25-51(41)63/h10-36H,37H2,1-9H3. The summed E-state index contributed by atoms with van der Waals surface area (Å²) in [6.45, 7) is 19.3. The minimum Gasteiger partial charge on any atom is -0.341 e. The molecule has 0 unspecified atom stereocenters. The Labute approximate surface area is 372 Å². The maximum Gasteiger partial charge on any atom is 0.137 e. The SMILES string of the molecule is CC1=C(N2c3ccccc3C=Cc3ccccc32)N(C)CN1c1cccc(N(c2cc(C(C)(C)C)c(C)c(C(C)(C)C)c2)c2ccc3c4ccccc4n(-c4ccccn4)c3c2)c1. The largest absolute Gasteiger partial charge is 0.341 e. The Morgan fingerprint density at radius 1 is 0.556 bits per heavy atom. The van der Waals surface area contributed by atoms with E-state index in [-0.39, 0.29) is 10.8 Å². The Bertz CT molecular complexity index is 3040. The van der Waals surface area contributed by atoms with Crippen molar-refractivity contribution in [1.82, 2.24) is 14.5 Å². The van der Waals surface area contributed by atoms with Gasteiger partial charge in [-0.15, -0.1) is 0 Å². The molecule has 6 aromatic carbocycles. The van der Waals surface area contributed by atoms with Gasteiger partial charge in [0.1, 0.15) is 11.6 Å². The van der Waals surface area contributed by atoms with Crippen LogP contribution in [0.5, 0.6) is 0 Å². The van der Waals surface area contributed by atoms with Gasteiger partial charge < -0.3 is 14.7 Å². The molecular formula is C57H56N6. The average Bonchev–Trinajstić information content (AvgIpc) is 3.69. The van der Waals surface area contributed by atoms with Gasteiger partial charge in [-0.3, -0.25) is 9.47 Å². The van der Waals surface area contributed by atoms with Crippen LogP contribution in [0.25, 0.3) is 39.8 Å². The maximum atomic E-state index is 4.87. The van der Waals surface area contributed by atoms with Crippen LogP contribution >= 0.6 is 0 Å². The van der Waals surface area contributed by atoms with Crippen molar-refractivity contribution in [2.75, 3.05) is 28.4 Å². The first-order chi connectivity index (χ1) is 30.3. The Hall–Kier alpha value is -7.05. The lowest BCUT2D eigenvalue weighted by Gasteiger charge is -2.34. The van der Waals surface area contributed by atoms with Crippen LogP contribution in [0.4, 0.5) is 34.1 Å². The summed E-state index contributed by atoms with van der Waals surface area (Å²) in [5, 5.41) is 2.41. The summed E-state index contributed by atoms with van der Waals surface area (Å²) < 4.78 is 2.31. The van der Waals surface area contributed by atoms with Gasteiger partial charge in [0.2, 0.25) is 0 Å². The molecular weight excluding hydrogens is 769 g/mol. The molecule has 0 bridgehead atoms. The molecule has 0 amide bonds. The Morgan fingerprint density at radius 3 is 1.81 bits per heavy atom. The van der Waals surface area contributed by atoms with Crippen molar-refractivity contribution < 1.29 is 0 Å². The number of allylic oxidation sites excluding steroid dienone is 1. The molecule has 6 nitrogen and oxygen atoms in total. The summed E-state index contributed by atoms with van der Waals surface area (Å²) in [4.78, 5) is 14.6. The summed E-state index contributed by atoms with van der Waals surface area (Å²) in [5.74, 6) is 2.06. The van der Waals surface area contributed by atoms with Gasteiger partial charge in [0.15, 0.2) is 0 Å². The fourth-order valence-electron chi connectivity index (χ4n) is 10.1. The van der Waals surface area contributed by atoms with Gasteiger partial charge in [0.25, 0.3) is 0 Å². The number of rotatable bonds is 6. The fourth-order valence-corrected chi connectivity index (χ4v) is 10.1. The van der Waals surface area contributed by atoms with Crippen molar-refractivity contribution in [1.29, 1.82) is 0 Å². The van der Waals surface area contributed by atoms with E-state index in [1.54, 1.807) is 0 Å². The number of pyridine rings is 1. The van der Waals surface area contributed by atoms with E-state index in [1.807, 2.05) is 12.3 Å². The Kier molecular flexibility index (Phi) is 9.59. The lowest BCUT2D eigenvalue weighted by Crippen LogP contribution is -2.29. The molecule has 0 atom stereocenters. The second-order valence-corrected chi connectivity index (χ2v) is 19.2. The van der Waals surface area contributed by atoms with E-state index < -0.39 is 0 Å². The number of hydrogen-bond donors (Lipinski definition) is 0. The van der Waals surface area contributed by atoms with Crippen LogP contribution in [0.3, 0.4) is 0 Å². The number of para-hydroxylation sites is 3. The van der Waals surface area contributed by atoms with Gasteiger partial charge in [0.05, 0.1) is 34.8 Å². The van der Waals surface area contributed by atoms with Crippen molar-refractivity contribution >= 4 is 68.1 Å². The van der Waals surface area contributed by atoms with Crippen LogP contribution in [0.2, 0.25) is 0 Å². The minimum absolute atomic E-state index is 0.0680. The van der Waals surface area contributed by atoms with Gasteiger partial charge in [-0.05, 0) is 125 Å². The summed E-state index contributed by atoms with van der Waals surface area (Å²) >= 11 is 0. The third kappa shape index (κ3) is 6.85. The average molecular weight is 825 g/mol. The molecule has 314 valence electrons. The molecule has 0 spiro atoms. The van der Waals surface area contributed by atoms with E-state index in [1.165, 1.54) is 55.7 Å². The first kappa shape index (κ1) is 40.0. The zero-order valence-corrected chi connectivity index (χ0v) is 38.0. The van der Waals surface area contributed by atoms with Crippen LogP contribution in [0, 0.1) is 6.92 Å². The highest BCUT2D eigenvalue weighted by Crippen LogP contribution is 2.47. The molecule has 6 heteroatoms. The predicted molar refractivity (Wildman–Crippen MR) is 267 cm³/mol. The highest BCUT2D eigenvalue weighted by atomic mass is 15.5. The molecule has 0 radical (unpaired) electrons. The van der Waals surface area contributed by atoms with Crippen LogP contribution in [0.15, 0.2) is 163 Å². The number of benzene rings is 6. The van der Waals surface area contributed by atoms with Gasteiger partial charge >= 0.3 is 0 Å². The lowest BCUT2D eigenvalue weighted by molar-refractivity contribution is 0.451.